The quantitative estimate of drug-likeness (QED) is 0.320. The van der Waals surface area contributed by atoms with Gasteiger partial charge in [-0.25, -0.2) is 10.5 Å². The van der Waals surface area contributed by atoms with Crippen molar-refractivity contribution < 1.29 is 19.5 Å². The van der Waals surface area contributed by atoms with Crippen LogP contribution in [0.3, 0.4) is 0 Å². The van der Waals surface area contributed by atoms with Crippen LogP contribution in [0.25, 0.3) is 6.08 Å². The zero-order chi connectivity index (χ0) is 20.6. The first-order valence-electron chi connectivity index (χ1n) is 8.48. The Morgan fingerprint density at radius 3 is 2.62 bits per heavy atom. The minimum Gasteiger partial charge on any atom is -0.455 e. The maximum Gasteiger partial charge on any atom is 0.278 e. The van der Waals surface area contributed by atoms with Crippen molar-refractivity contribution in [2.75, 3.05) is 5.32 Å². The van der Waals surface area contributed by atoms with E-state index in [1.807, 2.05) is 18.2 Å². The number of para-hydroxylation sites is 1. The van der Waals surface area contributed by atoms with Crippen LogP contribution in [-0.2, 0) is 4.79 Å². The summed E-state index contributed by atoms with van der Waals surface area (Å²) in [5, 5.41) is 11.8. The summed E-state index contributed by atoms with van der Waals surface area (Å²) < 4.78 is 5.77. The number of anilines is 1. The summed E-state index contributed by atoms with van der Waals surface area (Å²) in [4.78, 5) is 28.2. The number of carbonyl (C=O) groups is 2. The van der Waals surface area contributed by atoms with E-state index in [9.17, 15) is 9.59 Å². The molecule has 3 rings (SSSR count). The molecule has 1 heterocycles. The molecule has 3 N–H and O–H groups in total. The maximum absolute atomic E-state index is 12.8. The Bertz CT molecular complexity index is 1050. The lowest BCUT2D eigenvalue weighted by Crippen LogP contribution is -2.16. The molecule has 0 aliphatic carbocycles. The van der Waals surface area contributed by atoms with Crippen LogP contribution in [0.15, 0.2) is 72.9 Å². The zero-order valence-corrected chi connectivity index (χ0v) is 15.8. The fraction of sp³-hybridized carbons (Fsp3) is 0. The minimum absolute atomic E-state index is 0.0920. The van der Waals surface area contributed by atoms with Crippen LogP contribution in [-0.4, -0.2) is 22.0 Å². The average Bonchev–Trinajstić information content (AvgIpc) is 2.74. The van der Waals surface area contributed by atoms with Crippen molar-refractivity contribution in [2.24, 2.45) is 0 Å². The van der Waals surface area contributed by atoms with E-state index in [1.165, 1.54) is 17.8 Å². The van der Waals surface area contributed by atoms with Crippen molar-refractivity contribution in [3.05, 3.63) is 89.2 Å². The molecule has 0 bridgehead atoms. The van der Waals surface area contributed by atoms with E-state index in [2.05, 4.69) is 10.3 Å². The summed E-state index contributed by atoms with van der Waals surface area (Å²) in [7, 11) is 0. The number of hydrogen-bond donors (Lipinski definition) is 3. The number of hydrogen-bond acceptors (Lipinski definition) is 5. The van der Waals surface area contributed by atoms with E-state index in [4.69, 9.17) is 21.5 Å². The van der Waals surface area contributed by atoms with Crippen LogP contribution in [0.4, 0.5) is 5.69 Å². The molecule has 0 spiro atoms. The molecule has 0 radical (unpaired) electrons. The Balaban J connectivity index is 1.86. The van der Waals surface area contributed by atoms with Gasteiger partial charge in [0.15, 0.2) is 11.4 Å². The topological polar surface area (TPSA) is 101 Å². The number of halogens is 1. The SMILES string of the molecule is O=C(/C=C/c1cc(Cl)ccc1NC(=O)c1ncccc1Oc1ccccc1)NO. The highest BCUT2D eigenvalue weighted by Gasteiger charge is 2.16. The van der Waals surface area contributed by atoms with Crippen molar-refractivity contribution in [3.8, 4) is 11.5 Å². The molecular formula is C21H16ClN3O4. The number of pyridine rings is 1. The fourth-order valence-corrected chi connectivity index (χ4v) is 2.61. The number of carbonyl (C=O) groups excluding carboxylic acids is 2. The second kappa shape index (κ2) is 9.50. The van der Waals surface area contributed by atoms with E-state index in [0.29, 0.717) is 27.8 Å². The second-order valence-electron chi connectivity index (χ2n) is 5.76. The third-order valence-corrected chi connectivity index (χ3v) is 3.98. The number of aromatic nitrogens is 1. The summed E-state index contributed by atoms with van der Waals surface area (Å²) in [5.41, 5.74) is 2.46. The Kier molecular flexibility index (Phi) is 6.57. The first-order valence-corrected chi connectivity index (χ1v) is 8.85. The number of hydroxylamine groups is 1. The maximum atomic E-state index is 12.8. The highest BCUT2D eigenvalue weighted by atomic mass is 35.5. The molecule has 29 heavy (non-hydrogen) atoms. The first-order chi connectivity index (χ1) is 14.1. The Hall–Kier alpha value is -3.68. The molecule has 0 saturated heterocycles. The number of ether oxygens (including phenoxy) is 1. The Labute approximate surface area is 171 Å². The van der Waals surface area contributed by atoms with Gasteiger partial charge >= 0.3 is 0 Å². The van der Waals surface area contributed by atoms with Crippen molar-refractivity contribution >= 4 is 35.2 Å². The highest BCUT2D eigenvalue weighted by molar-refractivity contribution is 6.31. The van der Waals surface area contributed by atoms with E-state index >= 15 is 0 Å². The van der Waals surface area contributed by atoms with Gasteiger partial charge in [-0.15, -0.1) is 0 Å². The van der Waals surface area contributed by atoms with Gasteiger partial charge in [-0.05, 0) is 54.1 Å². The molecule has 2 aromatic carbocycles. The molecular weight excluding hydrogens is 394 g/mol. The van der Waals surface area contributed by atoms with Crippen LogP contribution < -0.4 is 15.5 Å². The first kappa shape index (κ1) is 20.1. The van der Waals surface area contributed by atoms with Crippen LogP contribution in [0, 0.1) is 0 Å². The summed E-state index contributed by atoms with van der Waals surface area (Å²) >= 11 is 6.01. The second-order valence-corrected chi connectivity index (χ2v) is 6.20. The fourth-order valence-electron chi connectivity index (χ4n) is 2.43. The van der Waals surface area contributed by atoms with Gasteiger partial charge in [-0.2, -0.15) is 0 Å². The molecule has 3 aromatic rings. The molecule has 0 aliphatic rings. The van der Waals surface area contributed by atoms with Gasteiger partial charge in [0.25, 0.3) is 11.8 Å². The molecule has 0 atom stereocenters. The molecule has 146 valence electrons. The van der Waals surface area contributed by atoms with Crippen molar-refractivity contribution in [3.63, 3.8) is 0 Å². The third-order valence-electron chi connectivity index (χ3n) is 3.74. The predicted molar refractivity (Wildman–Crippen MR) is 109 cm³/mol. The van der Waals surface area contributed by atoms with Gasteiger partial charge in [-0.1, -0.05) is 29.8 Å². The molecule has 0 fully saturated rings. The largest absolute Gasteiger partial charge is 0.455 e. The van der Waals surface area contributed by atoms with Crippen molar-refractivity contribution in [1.29, 1.82) is 0 Å². The number of amides is 2. The summed E-state index contributed by atoms with van der Waals surface area (Å²) in [6.45, 7) is 0. The minimum atomic E-state index is -0.717. The molecule has 1 aromatic heterocycles. The number of benzene rings is 2. The van der Waals surface area contributed by atoms with Gasteiger partial charge in [0.2, 0.25) is 0 Å². The Morgan fingerprint density at radius 2 is 1.86 bits per heavy atom. The van der Waals surface area contributed by atoms with Gasteiger partial charge in [-0.3, -0.25) is 14.8 Å². The monoisotopic (exact) mass is 409 g/mol. The summed E-state index contributed by atoms with van der Waals surface area (Å²) in [6, 6.07) is 17.1. The molecule has 0 unspecified atom stereocenters. The van der Waals surface area contributed by atoms with Crippen molar-refractivity contribution in [2.45, 2.75) is 0 Å². The van der Waals surface area contributed by atoms with Gasteiger partial charge in [0.1, 0.15) is 5.75 Å². The van der Waals surface area contributed by atoms with E-state index in [1.54, 1.807) is 42.5 Å². The van der Waals surface area contributed by atoms with Crippen LogP contribution in [0.5, 0.6) is 11.5 Å². The smallest absolute Gasteiger partial charge is 0.278 e. The van der Waals surface area contributed by atoms with Gasteiger partial charge < -0.3 is 10.1 Å². The van der Waals surface area contributed by atoms with Gasteiger partial charge in [0.05, 0.1) is 0 Å². The van der Waals surface area contributed by atoms with Crippen LogP contribution >= 0.6 is 11.6 Å². The van der Waals surface area contributed by atoms with E-state index in [0.717, 1.165) is 6.08 Å². The number of nitrogens with one attached hydrogen (secondary N) is 2. The lowest BCUT2D eigenvalue weighted by molar-refractivity contribution is -0.124. The molecule has 7 nitrogen and oxygen atoms in total. The van der Waals surface area contributed by atoms with Gasteiger partial charge in [0, 0.05) is 23.0 Å². The molecule has 0 aliphatic heterocycles. The van der Waals surface area contributed by atoms with Crippen LogP contribution in [0.2, 0.25) is 5.02 Å². The molecule has 2 amide bonds. The van der Waals surface area contributed by atoms with Crippen molar-refractivity contribution in [1.82, 2.24) is 10.5 Å². The highest BCUT2D eigenvalue weighted by Crippen LogP contribution is 2.26. The summed E-state index contributed by atoms with van der Waals surface area (Å²) in [5.74, 6) is -0.354. The lowest BCUT2D eigenvalue weighted by Gasteiger charge is -2.12. The number of rotatable bonds is 6. The lowest BCUT2D eigenvalue weighted by atomic mass is 10.1. The average molecular weight is 410 g/mol. The zero-order valence-electron chi connectivity index (χ0n) is 15.0. The van der Waals surface area contributed by atoms with E-state index in [-0.39, 0.29) is 5.69 Å². The molecule has 8 heteroatoms. The summed E-state index contributed by atoms with van der Waals surface area (Å²) in [6.07, 6.45) is 4.00. The third kappa shape index (κ3) is 5.41. The van der Waals surface area contributed by atoms with Crippen LogP contribution in [0.1, 0.15) is 16.1 Å². The Morgan fingerprint density at radius 1 is 1.07 bits per heavy atom. The standard InChI is InChI=1S/C21H16ClN3O4/c22-15-9-10-17(14(13-15)8-11-19(26)25-28)24-21(27)20-18(7-4-12-23-20)29-16-5-2-1-3-6-16/h1-13,28H,(H,24,27)(H,25,26)/b11-8+. The number of nitrogens with zero attached hydrogens (tertiary/aromatic N) is 1. The van der Waals surface area contributed by atoms with E-state index < -0.39 is 11.8 Å². The molecule has 0 saturated carbocycles. The normalized spacial score (nSPS) is 10.6. The predicted octanol–water partition coefficient (Wildman–Crippen LogP) is 4.30.